The van der Waals surface area contributed by atoms with Crippen molar-refractivity contribution in [2.24, 2.45) is 28.2 Å². The smallest absolute Gasteiger partial charge is 0.210 e. The van der Waals surface area contributed by atoms with Gasteiger partial charge in [0.25, 0.3) is 0 Å². The van der Waals surface area contributed by atoms with Gasteiger partial charge in [-0.15, -0.1) is 5.10 Å². The minimum Gasteiger partial charge on any atom is -0.387 e. The number of nitrogens with one attached hydrogen (secondary N) is 4. The summed E-state index contributed by atoms with van der Waals surface area (Å²) in [6.45, 7) is 2.87. The molecule has 0 aromatic carbocycles. The van der Waals surface area contributed by atoms with Crippen molar-refractivity contribution >= 4 is 11.8 Å². The summed E-state index contributed by atoms with van der Waals surface area (Å²) in [5.74, 6) is 0.513. The minimum atomic E-state index is -0.0154. The molecule has 1 atom stereocenters. The van der Waals surface area contributed by atoms with Gasteiger partial charge < -0.3 is 17.2 Å². The Bertz CT molecular complexity index is 275. The van der Waals surface area contributed by atoms with E-state index in [1.165, 1.54) is 25.7 Å². The summed E-state index contributed by atoms with van der Waals surface area (Å²) < 4.78 is 0. The highest BCUT2D eigenvalue weighted by Gasteiger charge is 2.03. The first-order valence-corrected chi connectivity index (χ1v) is 7.19. The average Bonchev–Trinajstić information content (AvgIpc) is 2.39. The lowest BCUT2D eigenvalue weighted by Crippen LogP contribution is -2.42. The van der Waals surface area contributed by atoms with Crippen LogP contribution in [0.15, 0.2) is 5.10 Å². The van der Waals surface area contributed by atoms with Crippen LogP contribution in [0, 0.1) is 11.3 Å². The van der Waals surface area contributed by atoms with Crippen LogP contribution in [0.25, 0.3) is 0 Å². The zero-order valence-electron chi connectivity index (χ0n) is 12.4. The van der Waals surface area contributed by atoms with Gasteiger partial charge in [0.2, 0.25) is 5.96 Å². The van der Waals surface area contributed by atoms with Gasteiger partial charge in [-0.3, -0.25) is 5.41 Å². The number of rotatable bonds is 13. The van der Waals surface area contributed by atoms with Gasteiger partial charge in [0.05, 0.1) is 5.84 Å². The molecule has 0 saturated heterocycles. The molecule has 0 aromatic rings. The van der Waals surface area contributed by atoms with E-state index in [9.17, 15) is 0 Å². The van der Waals surface area contributed by atoms with E-state index in [-0.39, 0.29) is 11.9 Å². The number of guanidine groups is 1. The lowest BCUT2D eigenvalue weighted by atomic mass is 10.0. The molecule has 0 aliphatic carbocycles. The third-order valence-corrected chi connectivity index (χ3v) is 3.05. The van der Waals surface area contributed by atoms with Crippen molar-refractivity contribution in [3.8, 4) is 0 Å². The number of amidine groups is 1. The van der Waals surface area contributed by atoms with Gasteiger partial charge in [-0.25, -0.2) is 11.0 Å². The Labute approximate surface area is 121 Å². The number of hydrogen-bond acceptors (Lipinski definition) is 5. The number of hydrogen-bond donors (Lipinski definition) is 7. The number of nitrogens with two attached hydrogens (primary N) is 3. The van der Waals surface area contributed by atoms with Crippen molar-refractivity contribution in [2.45, 2.75) is 51.9 Å². The van der Waals surface area contributed by atoms with Crippen molar-refractivity contribution in [2.75, 3.05) is 6.54 Å². The highest BCUT2D eigenvalue weighted by molar-refractivity contribution is 5.79. The van der Waals surface area contributed by atoms with E-state index < -0.39 is 0 Å². The van der Waals surface area contributed by atoms with Crippen molar-refractivity contribution in [1.82, 2.24) is 16.5 Å². The first-order chi connectivity index (χ1) is 9.54. The molecule has 0 saturated carbocycles. The number of hydrazine groups is 2. The molecule has 0 heterocycles. The van der Waals surface area contributed by atoms with Gasteiger partial charge in [-0.2, -0.15) is 5.53 Å². The molecule has 0 aromatic heterocycles. The van der Waals surface area contributed by atoms with E-state index >= 15 is 0 Å². The van der Waals surface area contributed by atoms with Crippen LogP contribution in [-0.2, 0) is 0 Å². The zero-order valence-corrected chi connectivity index (χ0v) is 12.4. The molecule has 8 nitrogen and oxygen atoms in total. The Balaban J connectivity index is 3.14. The zero-order chi connectivity index (χ0) is 15.2. The maximum absolute atomic E-state index is 7.30. The molecule has 0 radical (unpaired) electrons. The summed E-state index contributed by atoms with van der Waals surface area (Å²) in [6, 6.07) is 0. The van der Waals surface area contributed by atoms with Crippen LogP contribution in [-0.4, -0.2) is 18.3 Å². The van der Waals surface area contributed by atoms with E-state index in [1.807, 2.05) is 6.92 Å². The van der Waals surface area contributed by atoms with Gasteiger partial charge in [-0.1, -0.05) is 39.0 Å². The largest absolute Gasteiger partial charge is 0.387 e. The molecule has 0 fully saturated rings. The fraction of sp³-hybridized carbons (Fsp3) is 0.833. The molecule has 1 unspecified atom stereocenters. The number of unbranched alkanes of at least 4 members (excludes halogenated alkanes) is 5. The molecule has 0 spiro atoms. The summed E-state index contributed by atoms with van der Waals surface area (Å²) >= 11 is 0. The highest BCUT2D eigenvalue weighted by atomic mass is 15.7. The normalized spacial score (nSPS) is 11.8. The van der Waals surface area contributed by atoms with E-state index in [0.717, 1.165) is 25.8 Å². The number of nitrogens with zero attached hydrogens (tertiary/aromatic N) is 1. The minimum absolute atomic E-state index is 0.0154. The molecule has 10 N–H and O–H groups in total. The van der Waals surface area contributed by atoms with Gasteiger partial charge in [0.1, 0.15) is 0 Å². The van der Waals surface area contributed by atoms with E-state index in [0.29, 0.717) is 5.84 Å². The van der Waals surface area contributed by atoms with Gasteiger partial charge in [-0.05, 0) is 12.8 Å². The Morgan fingerprint density at radius 2 is 1.65 bits per heavy atom. The SMILES string of the molecule is CC(CCCCCCCCNNNN=C(N)N)C(=N)N. The first-order valence-electron chi connectivity index (χ1n) is 7.19. The van der Waals surface area contributed by atoms with E-state index in [1.54, 1.807) is 0 Å². The van der Waals surface area contributed by atoms with Crippen molar-refractivity contribution in [3.05, 3.63) is 0 Å². The second-order valence-electron chi connectivity index (χ2n) is 4.97. The maximum atomic E-state index is 7.30. The van der Waals surface area contributed by atoms with Crippen molar-refractivity contribution in [1.29, 1.82) is 5.41 Å². The van der Waals surface area contributed by atoms with Gasteiger partial charge in [0, 0.05) is 12.5 Å². The second-order valence-corrected chi connectivity index (χ2v) is 4.97. The molecule has 0 aliphatic heterocycles. The predicted octanol–water partition coefficient (Wildman–Crippen LogP) is 0.0764. The van der Waals surface area contributed by atoms with Crippen LogP contribution in [0.1, 0.15) is 51.9 Å². The molecule has 0 aliphatic rings. The van der Waals surface area contributed by atoms with Crippen molar-refractivity contribution < 1.29 is 0 Å². The third-order valence-electron chi connectivity index (χ3n) is 3.05. The molecule has 0 rings (SSSR count). The van der Waals surface area contributed by atoms with Gasteiger partial charge in [0.15, 0.2) is 0 Å². The summed E-state index contributed by atoms with van der Waals surface area (Å²) in [5.41, 5.74) is 23.8. The highest BCUT2D eigenvalue weighted by Crippen LogP contribution is 2.11. The van der Waals surface area contributed by atoms with Crippen LogP contribution < -0.4 is 33.7 Å². The molecule has 20 heavy (non-hydrogen) atoms. The summed E-state index contributed by atoms with van der Waals surface area (Å²) in [5, 5.41) is 10.8. The molecular weight excluding hydrogens is 256 g/mol. The van der Waals surface area contributed by atoms with E-state index in [4.69, 9.17) is 22.6 Å². The summed E-state index contributed by atoms with van der Waals surface area (Å²) in [6.07, 6.45) is 8.16. The van der Waals surface area contributed by atoms with Crippen LogP contribution in [0.2, 0.25) is 0 Å². The lowest BCUT2D eigenvalue weighted by Gasteiger charge is -2.08. The van der Waals surface area contributed by atoms with Crippen LogP contribution in [0.3, 0.4) is 0 Å². The molecular formula is C12H30N8. The fourth-order valence-corrected chi connectivity index (χ4v) is 1.72. The standard InChI is InChI=1S/C12H30N8/c1-10(11(13)14)8-6-4-2-3-5-7-9-17-19-20-18-12(15)16/h10,17,19-20H,2-9H2,1H3,(H3,13,14)(H4,15,16,18). The first kappa shape index (κ1) is 18.5. The Hall–Kier alpha value is -1.54. The van der Waals surface area contributed by atoms with E-state index in [2.05, 4.69) is 21.6 Å². The monoisotopic (exact) mass is 286 g/mol. The molecule has 0 amide bonds. The third kappa shape index (κ3) is 12.9. The molecule has 118 valence electrons. The quantitative estimate of drug-likeness (QED) is 0.110. The average molecular weight is 286 g/mol. The second kappa shape index (κ2) is 12.5. The topological polar surface area (TPSA) is 150 Å². The van der Waals surface area contributed by atoms with Crippen LogP contribution in [0.4, 0.5) is 0 Å². The van der Waals surface area contributed by atoms with Crippen LogP contribution >= 0.6 is 0 Å². The van der Waals surface area contributed by atoms with Crippen molar-refractivity contribution in [3.63, 3.8) is 0 Å². The maximum Gasteiger partial charge on any atom is 0.210 e. The Morgan fingerprint density at radius 1 is 1.05 bits per heavy atom. The summed E-state index contributed by atoms with van der Waals surface area (Å²) in [4.78, 5) is 0. The fourth-order valence-electron chi connectivity index (χ4n) is 1.72. The van der Waals surface area contributed by atoms with Crippen LogP contribution in [0.5, 0.6) is 0 Å². The molecule has 0 bridgehead atoms. The van der Waals surface area contributed by atoms with Gasteiger partial charge >= 0.3 is 0 Å². The Kier molecular flexibility index (Phi) is 11.5. The molecule has 8 heteroatoms. The summed E-state index contributed by atoms with van der Waals surface area (Å²) in [7, 11) is 0. The number of hydrazone groups is 1. The predicted molar refractivity (Wildman–Crippen MR) is 83.5 cm³/mol. The lowest BCUT2D eigenvalue weighted by molar-refractivity contribution is 0.432. The Morgan fingerprint density at radius 3 is 2.25 bits per heavy atom.